The van der Waals surface area contributed by atoms with Gasteiger partial charge in [0.1, 0.15) is 11.6 Å². The molecule has 5 heterocycles. The molecule has 7 nitrogen and oxygen atoms in total. The van der Waals surface area contributed by atoms with E-state index in [1.807, 2.05) is 24.0 Å². The highest BCUT2D eigenvalue weighted by molar-refractivity contribution is 5.76. The number of aromatic amines is 1. The van der Waals surface area contributed by atoms with E-state index in [0.29, 0.717) is 13.1 Å². The van der Waals surface area contributed by atoms with Crippen LogP contribution in [0.5, 0.6) is 0 Å². The summed E-state index contributed by atoms with van der Waals surface area (Å²) >= 11 is 0. The second-order valence-corrected chi connectivity index (χ2v) is 10.3. The molecule has 3 aromatic rings. The third-order valence-electron chi connectivity index (χ3n) is 8.01. The topological polar surface area (TPSA) is 77.2 Å². The van der Waals surface area contributed by atoms with E-state index in [1.165, 1.54) is 18.2 Å². The van der Waals surface area contributed by atoms with Gasteiger partial charge < -0.3 is 10.2 Å². The zero-order valence-electron chi connectivity index (χ0n) is 20.3. The van der Waals surface area contributed by atoms with Crippen LogP contribution in [0.25, 0.3) is 11.3 Å². The third kappa shape index (κ3) is 4.25. The second-order valence-electron chi connectivity index (χ2n) is 10.3. The van der Waals surface area contributed by atoms with Gasteiger partial charge in [0.05, 0.1) is 12.2 Å². The van der Waals surface area contributed by atoms with Gasteiger partial charge in [0.25, 0.3) is 0 Å². The van der Waals surface area contributed by atoms with Gasteiger partial charge in [0.15, 0.2) is 0 Å². The number of hydrogen-bond donors (Lipinski definition) is 2. The quantitative estimate of drug-likeness (QED) is 0.569. The minimum Gasteiger partial charge on any atom is -0.335 e. The van der Waals surface area contributed by atoms with Gasteiger partial charge >= 0.3 is 6.03 Å². The number of rotatable bonds is 4. The summed E-state index contributed by atoms with van der Waals surface area (Å²) in [7, 11) is 0. The smallest absolute Gasteiger partial charge is 0.317 e. The average molecular weight is 493 g/mol. The molecule has 3 aliphatic rings. The fourth-order valence-corrected chi connectivity index (χ4v) is 6.18. The van der Waals surface area contributed by atoms with E-state index in [0.717, 1.165) is 60.3 Å². The SMILES string of the molecule is Cc1cc(-c2n[nH]c3c2CN(C(=O)NC2CC4CCC(C2)N4Cc2c(F)cccc2F)CC3)ccn1. The van der Waals surface area contributed by atoms with Gasteiger partial charge in [-0.15, -0.1) is 0 Å². The molecule has 1 aromatic carbocycles. The molecule has 6 rings (SSSR count). The molecule has 2 amide bonds. The van der Waals surface area contributed by atoms with Crippen molar-refractivity contribution in [1.82, 2.24) is 30.3 Å². The first-order valence-electron chi connectivity index (χ1n) is 12.7. The maximum Gasteiger partial charge on any atom is 0.317 e. The Morgan fingerprint density at radius 1 is 1.17 bits per heavy atom. The summed E-state index contributed by atoms with van der Waals surface area (Å²) in [6.07, 6.45) is 6.08. The number of hydrogen-bond acceptors (Lipinski definition) is 4. The summed E-state index contributed by atoms with van der Waals surface area (Å²) in [5.41, 5.74) is 5.07. The highest BCUT2D eigenvalue weighted by atomic mass is 19.1. The Morgan fingerprint density at radius 3 is 2.64 bits per heavy atom. The number of piperidine rings is 1. The first kappa shape index (κ1) is 23.1. The van der Waals surface area contributed by atoms with E-state index in [9.17, 15) is 13.6 Å². The number of nitrogens with zero attached hydrogens (tertiary/aromatic N) is 4. The van der Waals surface area contributed by atoms with Gasteiger partial charge in [-0.3, -0.25) is 15.0 Å². The van der Waals surface area contributed by atoms with Crippen molar-refractivity contribution in [2.75, 3.05) is 6.54 Å². The van der Waals surface area contributed by atoms with Crippen LogP contribution >= 0.6 is 0 Å². The fourth-order valence-electron chi connectivity index (χ4n) is 6.18. The van der Waals surface area contributed by atoms with Gasteiger partial charge in [-0.1, -0.05) is 6.07 Å². The molecule has 0 radical (unpaired) electrons. The summed E-state index contributed by atoms with van der Waals surface area (Å²) in [5, 5.41) is 10.9. The minimum atomic E-state index is -0.491. The van der Waals surface area contributed by atoms with Crippen LogP contribution in [-0.4, -0.2) is 55.7 Å². The zero-order chi connectivity index (χ0) is 24.8. The number of carbonyl (C=O) groups is 1. The molecule has 2 unspecified atom stereocenters. The van der Waals surface area contributed by atoms with Crippen LogP contribution in [0.1, 0.15) is 48.2 Å². The van der Waals surface area contributed by atoms with Crippen LogP contribution in [0.4, 0.5) is 13.6 Å². The molecule has 2 aromatic heterocycles. The van der Waals surface area contributed by atoms with Crippen molar-refractivity contribution in [2.45, 2.75) is 70.2 Å². The molecule has 2 atom stereocenters. The lowest BCUT2D eigenvalue weighted by Crippen LogP contribution is -2.53. The Bertz CT molecular complexity index is 1260. The molecule has 2 saturated heterocycles. The Labute approximate surface area is 208 Å². The molecule has 2 fully saturated rings. The molecule has 3 aliphatic heterocycles. The van der Waals surface area contributed by atoms with E-state index in [4.69, 9.17) is 0 Å². The standard InChI is InChI=1S/C27H30F2N6O/c1-16-11-17(7-9-30-16)26-22-14-34(10-8-25(22)32-33-26)27(36)31-18-12-19-5-6-20(13-18)35(19)15-21-23(28)3-2-4-24(21)29/h2-4,7,9,11,18-20H,5-6,8,10,12-15H2,1H3,(H,31,36)(H,32,33). The lowest BCUT2D eigenvalue weighted by atomic mass is 9.96. The molecule has 0 saturated carbocycles. The predicted molar refractivity (Wildman–Crippen MR) is 131 cm³/mol. The van der Waals surface area contributed by atoms with Crippen molar-refractivity contribution >= 4 is 6.03 Å². The Morgan fingerprint density at radius 2 is 1.92 bits per heavy atom. The molecule has 0 spiro atoms. The van der Waals surface area contributed by atoms with Crippen molar-refractivity contribution < 1.29 is 13.6 Å². The van der Waals surface area contributed by atoms with Crippen LogP contribution < -0.4 is 5.32 Å². The maximum atomic E-state index is 14.2. The summed E-state index contributed by atoms with van der Waals surface area (Å²) in [6.45, 7) is 3.37. The summed E-state index contributed by atoms with van der Waals surface area (Å²) in [5.74, 6) is -0.982. The van der Waals surface area contributed by atoms with Crippen LogP contribution in [0.15, 0.2) is 36.5 Å². The van der Waals surface area contributed by atoms with Crippen LogP contribution in [0, 0.1) is 18.6 Å². The highest BCUT2D eigenvalue weighted by Gasteiger charge is 2.42. The summed E-state index contributed by atoms with van der Waals surface area (Å²) in [4.78, 5) is 21.6. The van der Waals surface area contributed by atoms with Crippen LogP contribution in [0.2, 0.25) is 0 Å². The van der Waals surface area contributed by atoms with E-state index in [2.05, 4.69) is 25.4 Å². The third-order valence-corrected chi connectivity index (χ3v) is 8.01. The van der Waals surface area contributed by atoms with E-state index in [1.54, 1.807) is 6.20 Å². The monoisotopic (exact) mass is 492 g/mol. The number of carbonyl (C=O) groups excluding carboxylic acids is 1. The first-order chi connectivity index (χ1) is 17.5. The van der Waals surface area contributed by atoms with Crippen molar-refractivity contribution in [3.63, 3.8) is 0 Å². The molecular weight excluding hydrogens is 462 g/mol. The molecule has 2 bridgehead atoms. The number of halogens is 2. The van der Waals surface area contributed by atoms with Gasteiger partial charge in [0, 0.05) is 71.9 Å². The Kier molecular flexibility index (Phi) is 5.95. The zero-order valence-corrected chi connectivity index (χ0v) is 20.3. The molecule has 0 aliphatic carbocycles. The maximum absolute atomic E-state index is 14.2. The van der Waals surface area contributed by atoms with Crippen LogP contribution in [0.3, 0.4) is 0 Å². The second kappa shape index (κ2) is 9.28. The number of fused-ring (bicyclic) bond motifs is 3. The average Bonchev–Trinajstić information content (AvgIpc) is 3.38. The molecule has 2 N–H and O–H groups in total. The van der Waals surface area contributed by atoms with Gasteiger partial charge in [-0.25, -0.2) is 13.6 Å². The number of benzene rings is 1. The van der Waals surface area contributed by atoms with Crippen LogP contribution in [-0.2, 0) is 19.5 Å². The lowest BCUT2D eigenvalue weighted by Gasteiger charge is -2.40. The van der Waals surface area contributed by atoms with E-state index in [-0.39, 0.29) is 36.3 Å². The number of nitrogens with one attached hydrogen (secondary N) is 2. The summed E-state index contributed by atoms with van der Waals surface area (Å²) in [6, 6.07) is 8.43. The van der Waals surface area contributed by atoms with Crippen molar-refractivity contribution in [1.29, 1.82) is 0 Å². The minimum absolute atomic E-state index is 0.0586. The highest BCUT2D eigenvalue weighted by Crippen LogP contribution is 2.37. The Balaban J connectivity index is 1.11. The molecular formula is C27H30F2N6O. The molecule has 9 heteroatoms. The number of aromatic nitrogens is 3. The van der Waals surface area contributed by atoms with Gasteiger partial charge in [0.2, 0.25) is 0 Å². The fraction of sp³-hybridized carbons (Fsp3) is 0.444. The number of amides is 2. The predicted octanol–water partition coefficient (Wildman–Crippen LogP) is 4.32. The molecule has 36 heavy (non-hydrogen) atoms. The summed E-state index contributed by atoms with van der Waals surface area (Å²) < 4.78 is 28.5. The van der Waals surface area contributed by atoms with Crippen molar-refractivity contribution in [3.8, 4) is 11.3 Å². The van der Waals surface area contributed by atoms with Gasteiger partial charge in [-0.2, -0.15) is 5.10 Å². The number of H-pyrrole nitrogens is 1. The van der Waals surface area contributed by atoms with E-state index >= 15 is 0 Å². The number of urea groups is 1. The number of pyridine rings is 1. The van der Waals surface area contributed by atoms with Crippen molar-refractivity contribution in [3.05, 3.63) is 70.7 Å². The lowest BCUT2D eigenvalue weighted by molar-refractivity contribution is 0.104. The first-order valence-corrected chi connectivity index (χ1v) is 12.7. The van der Waals surface area contributed by atoms with Gasteiger partial charge in [-0.05, 0) is 56.9 Å². The largest absolute Gasteiger partial charge is 0.335 e. The van der Waals surface area contributed by atoms with Crippen molar-refractivity contribution in [2.24, 2.45) is 0 Å². The normalized spacial score (nSPS) is 23.5. The van der Waals surface area contributed by atoms with E-state index < -0.39 is 11.6 Å². The molecule has 188 valence electrons. The number of aryl methyl sites for hydroxylation is 1. The Hall–Kier alpha value is -3.33.